The summed E-state index contributed by atoms with van der Waals surface area (Å²) in [4.78, 5) is 0. The first kappa shape index (κ1) is 15.3. The zero-order valence-corrected chi connectivity index (χ0v) is 12.5. The Kier molecular flexibility index (Phi) is 5.00. The van der Waals surface area contributed by atoms with Crippen LogP contribution in [0.5, 0.6) is 5.75 Å². The molecule has 0 aromatic heterocycles. The van der Waals surface area contributed by atoms with E-state index in [1.807, 2.05) is 6.07 Å². The molecular weight excluding hydrogens is 257 g/mol. The highest BCUT2D eigenvalue weighted by Crippen LogP contribution is 2.20. The fraction of sp³-hybridized carbons (Fsp3) is 0.625. The number of rotatable bonds is 5. The van der Waals surface area contributed by atoms with Gasteiger partial charge in [-0.2, -0.15) is 0 Å². The van der Waals surface area contributed by atoms with Gasteiger partial charge in [-0.3, -0.25) is 0 Å². The Morgan fingerprint density at radius 3 is 2.80 bits per heavy atom. The van der Waals surface area contributed by atoms with Gasteiger partial charge in [-0.25, -0.2) is 4.39 Å². The van der Waals surface area contributed by atoms with Crippen LogP contribution in [0.1, 0.15) is 32.8 Å². The summed E-state index contributed by atoms with van der Waals surface area (Å²) in [7, 11) is 0. The third kappa shape index (κ3) is 5.10. The molecular formula is C16H24FNO2. The highest BCUT2D eigenvalue weighted by atomic mass is 19.1. The van der Waals surface area contributed by atoms with Gasteiger partial charge in [-0.1, -0.05) is 0 Å². The van der Waals surface area contributed by atoms with Gasteiger partial charge in [0.05, 0.1) is 13.2 Å². The van der Waals surface area contributed by atoms with E-state index in [-0.39, 0.29) is 11.4 Å². The largest absolute Gasteiger partial charge is 0.493 e. The van der Waals surface area contributed by atoms with Gasteiger partial charge in [-0.05, 0) is 44.9 Å². The normalized spacial score (nSPS) is 19.3. The van der Waals surface area contributed by atoms with Crippen molar-refractivity contribution in [3.63, 3.8) is 0 Å². The molecule has 1 aromatic carbocycles. The lowest BCUT2D eigenvalue weighted by Gasteiger charge is -2.21. The first-order chi connectivity index (χ1) is 9.42. The van der Waals surface area contributed by atoms with Crippen molar-refractivity contribution in [3.05, 3.63) is 29.6 Å². The number of benzene rings is 1. The van der Waals surface area contributed by atoms with Crippen LogP contribution < -0.4 is 10.1 Å². The highest BCUT2D eigenvalue weighted by molar-refractivity contribution is 5.29. The molecule has 1 unspecified atom stereocenters. The van der Waals surface area contributed by atoms with E-state index in [1.165, 1.54) is 6.07 Å². The first-order valence-electron chi connectivity index (χ1n) is 7.17. The highest BCUT2D eigenvalue weighted by Gasteiger charge is 2.16. The number of hydrogen-bond donors (Lipinski definition) is 1. The molecule has 2 rings (SSSR count). The van der Waals surface area contributed by atoms with Gasteiger partial charge in [0.1, 0.15) is 11.6 Å². The van der Waals surface area contributed by atoms with Gasteiger partial charge < -0.3 is 14.8 Å². The average Bonchev–Trinajstić information content (AvgIpc) is 2.86. The van der Waals surface area contributed by atoms with E-state index in [0.717, 1.165) is 25.2 Å². The van der Waals surface area contributed by atoms with Crippen LogP contribution >= 0.6 is 0 Å². The molecule has 1 aliphatic rings. The molecule has 0 saturated carbocycles. The second-order valence-electron chi connectivity index (χ2n) is 6.44. The average molecular weight is 281 g/mol. The molecule has 112 valence electrons. The molecule has 1 N–H and O–H groups in total. The maximum Gasteiger partial charge on any atom is 0.127 e. The summed E-state index contributed by atoms with van der Waals surface area (Å²) in [6.07, 6.45) is 1.02. The summed E-state index contributed by atoms with van der Waals surface area (Å²) in [5.74, 6) is 0.771. The van der Waals surface area contributed by atoms with Crippen LogP contribution in [-0.2, 0) is 11.3 Å². The van der Waals surface area contributed by atoms with Crippen LogP contribution in [0.4, 0.5) is 4.39 Å². The van der Waals surface area contributed by atoms with Crippen molar-refractivity contribution >= 4 is 0 Å². The molecule has 1 aromatic rings. The topological polar surface area (TPSA) is 30.5 Å². The van der Waals surface area contributed by atoms with Crippen molar-refractivity contribution in [2.24, 2.45) is 5.92 Å². The summed E-state index contributed by atoms with van der Waals surface area (Å²) < 4.78 is 24.6. The summed E-state index contributed by atoms with van der Waals surface area (Å²) in [5, 5.41) is 3.35. The summed E-state index contributed by atoms with van der Waals surface area (Å²) in [6, 6.07) is 4.89. The van der Waals surface area contributed by atoms with Crippen LogP contribution in [0.25, 0.3) is 0 Å². The lowest BCUT2D eigenvalue weighted by Crippen LogP contribution is -2.35. The molecule has 1 aliphatic heterocycles. The van der Waals surface area contributed by atoms with Gasteiger partial charge >= 0.3 is 0 Å². The fourth-order valence-corrected chi connectivity index (χ4v) is 2.10. The minimum atomic E-state index is -0.254. The molecule has 0 aliphatic carbocycles. The molecule has 0 bridgehead atoms. The summed E-state index contributed by atoms with van der Waals surface area (Å²) in [6.45, 7) is 9.03. The molecule has 1 fully saturated rings. The minimum Gasteiger partial charge on any atom is -0.493 e. The summed E-state index contributed by atoms with van der Waals surface area (Å²) in [5.41, 5.74) is 0.909. The van der Waals surface area contributed by atoms with E-state index in [4.69, 9.17) is 9.47 Å². The van der Waals surface area contributed by atoms with E-state index in [2.05, 4.69) is 26.1 Å². The Labute approximate surface area is 120 Å². The van der Waals surface area contributed by atoms with Crippen molar-refractivity contribution in [1.82, 2.24) is 5.32 Å². The van der Waals surface area contributed by atoms with Crippen molar-refractivity contribution in [3.8, 4) is 5.75 Å². The van der Waals surface area contributed by atoms with Gasteiger partial charge in [0, 0.05) is 30.7 Å². The van der Waals surface area contributed by atoms with E-state index in [9.17, 15) is 4.39 Å². The third-order valence-electron chi connectivity index (χ3n) is 3.26. The zero-order chi connectivity index (χ0) is 14.6. The second kappa shape index (κ2) is 6.55. The molecule has 1 saturated heterocycles. The predicted octanol–water partition coefficient (Wildman–Crippen LogP) is 3.13. The van der Waals surface area contributed by atoms with Crippen LogP contribution in [0.2, 0.25) is 0 Å². The Bertz CT molecular complexity index is 437. The van der Waals surface area contributed by atoms with Crippen LogP contribution in [0.3, 0.4) is 0 Å². The number of nitrogens with one attached hydrogen (secondary N) is 1. The molecule has 4 heteroatoms. The van der Waals surface area contributed by atoms with Crippen LogP contribution in [0, 0.1) is 11.7 Å². The quantitative estimate of drug-likeness (QED) is 0.899. The van der Waals surface area contributed by atoms with Crippen molar-refractivity contribution < 1.29 is 13.9 Å². The van der Waals surface area contributed by atoms with E-state index in [1.54, 1.807) is 6.07 Å². The van der Waals surface area contributed by atoms with Crippen LogP contribution in [0.15, 0.2) is 18.2 Å². The fourth-order valence-electron chi connectivity index (χ4n) is 2.10. The number of halogens is 1. The van der Waals surface area contributed by atoms with E-state index in [0.29, 0.717) is 24.8 Å². The van der Waals surface area contributed by atoms with Crippen molar-refractivity contribution in [2.75, 3.05) is 19.8 Å². The standard InChI is InChI=1S/C16H24FNO2/c1-16(2,3)18-9-13-6-14(17)8-15(7-13)20-11-12-4-5-19-10-12/h6-8,12,18H,4-5,9-11H2,1-3H3. The van der Waals surface area contributed by atoms with Gasteiger partial charge in [-0.15, -0.1) is 0 Å². The van der Waals surface area contributed by atoms with Crippen molar-refractivity contribution in [1.29, 1.82) is 0 Å². The SMILES string of the molecule is CC(C)(C)NCc1cc(F)cc(OCC2CCOC2)c1. The number of ether oxygens (including phenoxy) is 2. The van der Waals surface area contributed by atoms with Crippen LogP contribution in [-0.4, -0.2) is 25.4 Å². The number of hydrogen-bond acceptors (Lipinski definition) is 3. The van der Waals surface area contributed by atoms with E-state index >= 15 is 0 Å². The minimum absolute atomic E-state index is 0.00846. The molecule has 1 atom stereocenters. The maximum atomic E-state index is 13.6. The van der Waals surface area contributed by atoms with Crippen molar-refractivity contribution in [2.45, 2.75) is 39.3 Å². The monoisotopic (exact) mass is 281 g/mol. The Morgan fingerprint density at radius 2 is 2.15 bits per heavy atom. The molecule has 0 radical (unpaired) electrons. The molecule has 1 heterocycles. The molecule has 0 spiro atoms. The first-order valence-corrected chi connectivity index (χ1v) is 7.17. The Morgan fingerprint density at radius 1 is 1.35 bits per heavy atom. The van der Waals surface area contributed by atoms with Gasteiger partial charge in [0.25, 0.3) is 0 Å². The smallest absolute Gasteiger partial charge is 0.127 e. The predicted molar refractivity (Wildman–Crippen MR) is 77.4 cm³/mol. The Balaban J connectivity index is 1.93. The second-order valence-corrected chi connectivity index (χ2v) is 6.44. The lowest BCUT2D eigenvalue weighted by molar-refractivity contribution is 0.167. The Hall–Kier alpha value is -1.13. The maximum absolute atomic E-state index is 13.6. The lowest BCUT2D eigenvalue weighted by atomic mass is 10.1. The summed E-state index contributed by atoms with van der Waals surface area (Å²) >= 11 is 0. The molecule has 0 amide bonds. The van der Waals surface area contributed by atoms with Gasteiger partial charge in [0.2, 0.25) is 0 Å². The van der Waals surface area contributed by atoms with Gasteiger partial charge in [0.15, 0.2) is 0 Å². The molecule has 3 nitrogen and oxygen atoms in total. The zero-order valence-electron chi connectivity index (χ0n) is 12.5. The third-order valence-corrected chi connectivity index (χ3v) is 3.26. The molecule has 20 heavy (non-hydrogen) atoms. The van der Waals surface area contributed by atoms with E-state index < -0.39 is 0 Å².